The van der Waals surface area contributed by atoms with Gasteiger partial charge >= 0.3 is 0 Å². The number of nitrogens with one attached hydrogen (secondary N) is 1. The highest BCUT2D eigenvalue weighted by molar-refractivity contribution is 4.77. The van der Waals surface area contributed by atoms with Gasteiger partial charge in [0.05, 0.1) is 0 Å². The molecular weight excluding hydrogens is 172 g/mol. The Kier molecular flexibility index (Phi) is 6.20. The lowest BCUT2D eigenvalue weighted by Crippen LogP contribution is -2.40. The van der Waals surface area contributed by atoms with Gasteiger partial charge in [0, 0.05) is 12.6 Å². The molecular formula is C12H26N2. The number of likely N-dealkylation sites (tertiary alicyclic amines) is 1. The van der Waals surface area contributed by atoms with E-state index in [9.17, 15) is 0 Å². The van der Waals surface area contributed by atoms with Gasteiger partial charge in [-0.1, -0.05) is 20.3 Å². The summed E-state index contributed by atoms with van der Waals surface area (Å²) in [5.74, 6) is 0. The Morgan fingerprint density at radius 3 is 2.43 bits per heavy atom. The molecule has 1 atom stereocenters. The molecule has 2 nitrogen and oxygen atoms in total. The minimum Gasteiger partial charge on any atom is -0.315 e. The second-order valence-electron chi connectivity index (χ2n) is 4.39. The molecule has 1 rings (SSSR count). The summed E-state index contributed by atoms with van der Waals surface area (Å²) in [4.78, 5) is 2.67. The van der Waals surface area contributed by atoms with Crippen molar-refractivity contribution in [2.24, 2.45) is 0 Å². The molecule has 0 aromatic heterocycles. The maximum atomic E-state index is 3.56. The normalized spacial score (nSPS) is 20.1. The van der Waals surface area contributed by atoms with Crippen LogP contribution in [0.4, 0.5) is 0 Å². The quantitative estimate of drug-likeness (QED) is 0.631. The first kappa shape index (κ1) is 12.0. The molecule has 1 fully saturated rings. The van der Waals surface area contributed by atoms with Gasteiger partial charge in [-0.25, -0.2) is 0 Å². The van der Waals surface area contributed by atoms with Crippen LogP contribution in [-0.4, -0.2) is 37.1 Å². The third-order valence-corrected chi connectivity index (χ3v) is 3.09. The zero-order valence-electron chi connectivity index (χ0n) is 9.89. The third-order valence-electron chi connectivity index (χ3n) is 3.09. The molecule has 0 bridgehead atoms. The van der Waals surface area contributed by atoms with Gasteiger partial charge in [-0.15, -0.1) is 0 Å². The second kappa shape index (κ2) is 7.24. The number of nitrogens with zero attached hydrogens (tertiary/aromatic N) is 1. The van der Waals surface area contributed by atoms with Crippen LogP contribution in [-0.2, 0) is 0 Å². The van der Waals surface area contributed by atoms with Gasteiger partial charge in [-0.05, 0) is 45.3 Å². The molecule has 0 aromatic rings. The van der Waals surface area contributed by atoms with Crippen LogP contribution in [0.3, 0.4) is 0 Å². The van der Waals surface area contributed by atoms with Gasteiger partial charge in [0.1, 0.15) is 0 Å². The van der Waals surface area contributed by atoms with Crippen molar-refractivity contribution < 1.29 is 0 Å². The first-order valence-electron chi connectivity index (χ1n) is 6.33. The van der Waals surface area contributed by atoms with Gasteiger partial charge in [0.15, 0.2) is 0 Å². The van der Waals surface area contributed by atoms with Crippen LogP contribution in [0.5, 0.6) is 0 Å². The molecule has 14 heavy (non-hydrogen) atoms. The minimum atomic E-state index is 0.800. The van der Waals surface area contributed by atoms with E-state index in [1.807, 2.05) is 0 Å². The lowest BCUT2D eigenvalue weighted by atomic mass is 10.1. The van der Waals surface area contributed by atoms with Crippen molar-refractivity contribution in [2.75, 3.05) is 26.2 Å². The fourth-order valence-electron chi connectivity index (χ4n) is 2.30. The van der Waals surface area contributed by atoms with Crippen LogP contribution in [0.2, 0.25) is 0 Å². The summed E-state index contributed by atoms with van der Waals surface area (Å²) in [6.45, 7) is 9.56. The molecule has 0 amide bonds. The number of hydrogen-bond acceptors (Lipinski definition) is 2. The van der Waals surface area contributed by atoms with Crippen LogP contribution in [0.25, 0.3) is 0 Å². The van der Waals surface area contributed by atoms with Gasteiger partial charge in [-0.2, -0.15) is 0 Å². The molecule has 84 valence electrons. The van der Waals surface area contributed by atoms with E-state index >= 15 is 0 Å². The summed E-state index contributed by atoms with van der Waals surface area (Å²) < 4.78 is 0. The summed E-state index contributed by atoms with van der Waals surface area (Å²) in [6.07, 6.45) is 6.74. The molecule has 1 N–H and O–H groups in total. The molecule has 2 heteroatoms. The summed E-state index contributed by atoms with van der Waals surface area (Å²) in [7, 11) is 0. The Balaban J connectivity index is 2.22. The molecule has 1 aliphatic rings. The van der Waals surface area contributed by atoms with Gasteiger partial charge in [0.2, 0.25) is 0 Å². The fraction of sp³-hybridized carbons (Fsp3) is 1.00. The number of rotatable bonds is 7. The van der Waals surface area contributed by atoms with Crippen molar-refractivity contribution in [1.29, 1.82) is 0 Å². The monoisotopic (exact) mass is 198 g/mol. The van der Waals surface area contributed by atoms with Crippen LogP contribution >= 0.6 is 0 Å². The van der Waals surface area contributed by atoms with E-state index < -0.39 is 0 Å². The predicted molar refractivity (Wildman–Crippen MR) is 62.7 cm³/mol. The van der Waals surface area contributed by atoms with Crippen molar-refractivity contribution in [3.05, 3.63) is 0 Å². The lowest BCUT2D eigenvalue weighted by Gasteiger charge is -2.27. The van der Waals surface area contributed by atoms with Crippen LogP contribution in [0, 0.1) is 0 Å². The van der Waals surface area contributed by atoms with Crippen LogP contribution < -0.4 is 5.32 Å². The molecule has 1 aliphatic heterocycles. The smallest absolute Gasteiger partial charge is 0.0220 e. The van der Waals surface area contributed by atoms with Crippen molar-refractivity contribution in [1.82, 2.24) is 10.2 Å². The lowest BCUT2D eigenvalue weighted by molar-refractivity contribution is 0.223. The summed E-state index contributed by atoms with van der Waals surface area (Å²) in [5, 5.41) is 3.56. The minimum absolute atomic E-state index is 0.800. The van der Waals surface area contributed by atoms with Gasteiger partial charge in [-0.3, -0.25) is 4.90 Å². The Morgan fingerprint density at radius 2 is 1.86 bits per heavy atom. The molecule has 0 aliphatic carbocycles. The van der Waals surface area contributed by atoms with E-state index in [1.54, 1.807) is 0 Å². The van der Waals surface area contributed by atoms with Crippen LogP contribution in [0.1, 0.15) is 46.0 Å². The molecule has 0 saturated carbocycles. The third kappa shape index (κ3) is 3.97. The predicted octanol–water partition coefficient (Wildman–Crippen LogP) is 2.25. The van der Waals surface area contributed by atoms with Gasteiger partial charge < -0.3 is 5.32 Å². The largest absolute Gasteiger partial charge is 0.315 e. The molecule has 0 radical (unpaired) electrons. The van der Waals surface area contributed by atoms with E-state index in [1.165, 1.54) is 58.3 Å². The highest BCUT2D eigenvalue weighted by atomic mass is 15.2. The average Bonchev–Trinajstić information content (AvgIpc) is 2.70. The maximum Gasteiger partial charge on any atom is 0.0220 e. The maximum absolute atomic E-state index is 3.56. The zero-order valence-corrected chi connectivity index (χ0v) is 9.89. The topological polar surface area (TPSA) is 15.3 Å². The van der Waals surface area contributed by atoms with E-state index in [-0.39, 0.29) is 0 Å². The molecule has 0 spiro atoms. The van der Waals surface area contributed by atoms with E-state index in [0.717, 1.165) is 6.04 Å². The standard InChI is InChI=1S/C12H26N2/c1-3-7-12(11-13-8-4-2)14-9-5-6-10-14/h12-13H,3-11H2,1-2H3. The highest BCUT2D eigenvalue weighted by Gasteiger charge is 2.20. The van der Waals surface area contributed by atoms with E-state index in [4.69, 9.17) is 0 Å². The molecule has 1 heterocycles. The van der Waals surface area contributed by atoms with E-state index in [2.05, 4.69) is 24.1 Å². The average molecular weight is 198 g/mol. The molecule has 1 saturated heterocycles. The van der Waals surface area contributed by atoms with Crippen molar-refractivity contribution >= 4 is 0 Å². The summed E-state index contributed by atoms with van der Waals surface area (Å²) in [5.41, 5.74) is 0. The van der Waals surface area contributed by atoms with Crippen molar-refractivity contribution in [2.45, 2.75) is 52.0 Å². The van der Waals surface area contributed by atoms with Crippen molar-refractivity contribution in [3.63, 3.8) is 0 Å². The summed E-state index contributed by atoms with van der Waals surface area (Å²) in [6, 6.07) is 0.800. The first-order valence-corrected chi connectivity index (χ1v) is 6.33. The highest BCUT2D eigenvalue weighted by Crippen LogP contribution is 2.14. The SMILES string of the molecule is CCCNCC(CCC)N1CCCC1. The second-order valence-corrected chi connectivity index (χ2v) is 4.39. The fourth-order valence-corrected chi connectivity index (χ4v) is 2.30. The summed E-state index contributed by atoms with van der Waals surface area (Å²) >= 11 is 0. The van der Waals surface area contributed by atoms with E-state index in [0.29, 0.717) is 0 Å². The zero-order chi connectivity index (χ0) is 10.2. The Bertz CT molecular complexity index is 130. The Morgan fingerprint density at radius 1 is 1.14 bits per heavy atom. The number of hydrogen-bond donors (Lipinski definition) is 1. The van der Waals surface area contributed by atoms with Gasteiger partial charge in [0.25, 0.3) is 0 Å². The van der Waals surface area contributed by atoms with Crippen molar-refractivity contribution in [3.8, 4) is 0 Å². The Hall–Kier alpha value is -0.0800. The Labute approximate surface area is 89.1 Å². The van der Waals surface area contributed by atoms with Crippen LogP contribution in [0.15, 0.2) is 0 Å². The molecule has 0 aromatic carbocycles. The first-order chi connectivity index (χ1) is 6.88. The molecule has 1 unspecified atom stereocenters.